The van der Waals surface area contributed by atoms with Gasteiger partial charge in [0.2, 0.25) is 0 Å². The van der Waals surface area contributed by atoms with Crippen molar-refractivity contribution in [3.05, 3.63) is 28.6 Å². The fourth-order valence-electron chi connectivity index (χ4n) is 1.38. The molecule has 1 heterocycles. The van der Waals surface area contributed by atoms with Gasteiger partial charge in [0, 0.05) is 15.5 Å². The van der Waals surface area contributed by atoms with Crippen LogP contribution in [-0.4, -0.2) is 0 Å². The van der Waals surface area contributed by atoms with Crippen molar-refractivity contribution in [3.8, 4) is 6.07 Å². The molecule has 3 heteroatoms. The van der Waals surface area contributed by atoms with Gasteiger partial charge in [0.05, 0.1) is 17.3 Å². The molecule has 1 aromatic heterocycles. The van der Waals surface area contributed by atoms with Gasteiger partial charge in [-0.15, -0.1) is 11.3 Å². The van der Waals surface area contributed by atoms with E-state index < -0.39 is 0 Å². The highest BCUT2D eigenvalue weighted by molar-refractivity contribution is 7.18. The monoisotopic (exact) mass is 188 g/mol. The fourth-order valence-corrected chi connectivity index (χ4v) is 2.35. The van der Waals surface area contributed by atoms with Gasteiger partial charge in [-0.25, -0.2) is 0 Å². The van der Waals surface area contributed by atoms with Gasteiger partial charge in [0.25, 0.3) is 0 Å². The Morgan fingerprint density at radius 1 is 1.46 bits per heavy atom. The van der Waals surface area contributed by atoms with Crippen LogP contribution >= 0.6 is 11.3 Å². The number of aryl methyl sites for hydroxylation is 1. The van der Waals surface area contributed by atoms with Crippen molar-refractivity contribution in [1.82, 2.24) is 0 Å². The van der Waals surface area contributed by atoms with Gasteiger partial charge in [-0.1, -0.05) is 6.07 Å². The van der Waals surface area contributed by atoms with Crippen LogP contribution in [0, 0.1) is 18.3 Å². The van der Waals surface area contributed by atoms with E-state index in [4.69, 9.17) is 11.0 Å². The van der Waals surface area contributed by atoms with Crippen LogP contribution in [0.25, 0.3) is 10.1 Å². The number of hydrogen-bond donors (Lipinski definition) is 1. The van der Waals surface area contributed by atoms with Crippen LogP contribution in [0.5, 0.6) is 0 Å². The van der Waals surface area contributed by atoms with E-state index in [2.05, 4.69) is 6.07 Å². The predicted octanol–water partition coefficient (Wildman–Crippen LogP) is 2.66. The molecule has 0 atom stereocenters. The number of thiophene rings is 1. The summed E-state index contributed by atoms with van der Waals surface area (Å²) in [6.07, 6.45) is 0. The molecule has 0 spiro atoms. The van der Waals surface area contributed by atoms with Crippen LogP contribution in [0.1, 0.15) is 11.1 Å². The van der Waals surface area contributed by atoms with E-state index in [0.717, 1.165) is 26.9 Å². The molecule has 0 bridgehead atoms. The quantitative estimate of drug-likeness (QED) is 0.691. The maximum atomic E-state index is 8.81. The molecule has 0 amide bonds. The minimum absolute atomic E-state index is 0.731. The van der Waals surface area contributed by atoms with Gasteiger partial charge < -0.3 is 5.73 Å². The Hall–Kier alpha value is -1.53. The van der Waals surface area contributed by atoms with Gasteiger partial charge in [-0.2, -0.15) is 5.26 Å². The summed E-state index contributed by atoms with van der Waals surface area (Å²) in [6.45, 7) is 1.96. The summed E-state index contributed by atoms with van der Waals surface area (Å²) in [5.74, 6) is 0. The first kappa shape index (κ1) is 8.09. The van der Waals surface area contributed by atoms with Crippen LogP contribution in [0.4, 0.5) is 5.69 Å². The van der Waals surface area contributed by atoms with Gasteiger partial charge >= 0.3 is 0 Å². The highest BCUT2D eigenvalue weighted by Gasteiger charge is 2.06. The lowest BCUT2D eigenvalue weighted by Crippen LogP contribution is -1.84. The third kappa shape index (κ3) is 1.07. The van der Waals surface area contributed by atoms with Crippen molar-refractivity contribution < 1.29 is 0 Å². The molecular formula is C10H8N2S. The second-order valence-electron chi connectivity index (χ2n) is 2.92. The molecule has 0 saturated heterocycles. The van der Waals surface area contributed by atoms with Gasteiger partial charge in [0.15, 0.2) is 0 Å². The second kappa shape index (κ2) is 2.75. The smallest absolute Gasteiger partial charge is 0.0994 e. The van der Waals surface area contributed by atoms with Crippen molar-refractivity contribution in [2.24, 2.45) is 0 Å². The first-order valence-corrected chi connectivity index (χ1v) is 4.78. The largest absolute Gasteiger partial charge is 0.398 e. The summed E-state index contributed by atoms with van der Waals surface area (Å²) in [7, 11) is 0. The molecule has 0 aliphatic rings. The van der Waals surface area contributed by atoms with E-state index in [1.54, 1.807) is 11.3 Å². The topological polar surface area (TPSA) is 49.8 Å². The molecular weight excluding hydrogens is 180 g/mol. The molecule has 2 aromatic rings. The predicted molar refractivity (Wildman–Crippen MR) is 55.7 cm³/mol. The Morgan fingerprint density at radius 3 is 2.92 bits per heavy atom. The molecule has 2 rings (SSSR count). The Bertz CT molecular complexity index is 505. The molecule has 13 heavy (non-hydrogen) atoms. The van der Waals surface area contributed by atoms with Gasteiger partial charge in [-0.3, -0.25) is 0 Å². The molecule has 0 saturated carbocycles. The molecule has 64 valence electrons. The molecule has 0 aliphatic carbocycles. The zero-order valence-corrected chi connectivity index (χ0v) is 7.98. The van der Waals surface area contributed by atoms with Crippen molar-refractivity contribution in [2.75, 3.05) is 5.73 Å². The minimum atomic E-state index is 0.731. The van der Waals surface area contributed by atoms with Gasteiger partial charge in [0.1, 0.15) is 0 Å². The summed E-state index contributed by atoms with van der Waals surface area (Å²) >= 11 is 1.59. The summed E-state index contributed by atoms with van der Waals surface area (Å²) < 4.78 is 1.12. The highest BCUT2D eigenvalue weighted by Crippen LogP contribution is 2.31. The standard InChI is InChI=1S/C10H8N2S/c1-6-7(4-11)2-3-8-9(12)5-13-10(6)8/h2-3,5H,12H2,1H3. The van der Waals surface area contributed by atoms with E-state index in [-0.39, 0.29) is 0 Å². The lowest BCUT2D eigenvalue weighted by molar-refractivity contribution is 1.44. The van der Waals surface area contributed by atoms with Crippen molar-refractivity contribution >= 4 is 27.1 Å². The molecule has 2 nitrogen and oxygen atoms in total. The van der Waals surface area contributed by atoms with E-state index in [1.165, 1.54) is 0 Å². The Balaban J connectivity index is 2.90. The van der Waals surface area contributed by atoms with Crippen molar-refractivity contribution in [1.29, 1.82) is 5.26 Å². The van der Waals surface area contributed by atoms with E-state index in [1.807, 2.05) is 24.4 Å². The van der Waals surface area contributed by atoms with Crippen molar-refractivity contribution in [3.63, 3.8) is 0 Å². The first-order valence-electron chi connectivity index (χ1n) is 3.90. The number of nitrogens with zero attached hydrogens (tertiary/aromatic N) is 1. The summed E-state index contributed by atoms with van der Waals surface area (Å²) in [4.78, 5) is 0. The maximum Gasteiger partial charge on any atom is 0.0994 e. The SMILES string of the molecule is Cc1c(C#N)ccc2c(N)csc12. The number of benzene rings is 1. The second-order valence-corrected chi connectivity index (χ2v) is 3.80. The summed E-state index contributed by atoms with van der Waals surface area (Å²) in [5, 5.41) is 11.8. The lowest BCUT2D eigenvalue weighted by atomic mass is 10.1. The molecule has 0 aliphatic heterocycles. The number of nitriles is 1. The maximum absolute atomic E-state index is 8.81. The summed E-state index contributed by atoms with van der Waals surface area (Å²) in [5.41, 5.74) is 8.32. The number of nitrogens with two attached hydrogens (primary N) is 1. The Labute approximate surface area is 80.2 Å². The normalized spacial score (nSPS) is 10.2. The van der Waals surface area contributed by atoms with Crippen LogP contribution in [-0.2, 0) is 0 Å². The molecule has 0 unspecified atom stereocenters. The average molecular weight is 188 g/mol. The Morgan fingerprint density at radius 2 is 2.23 bits per heavy atom. The number of anilines is 1. The molecule has 2 N–H and O–H groups in total. The third-order valence-electron chi connectivity index (χ3n) is 2.14. The van der Waals surface area contributed by atoms with Crippen molar-refractivity contribution in [2.45, 2.75) is 6.92 Å². The van der Waals surface area contributed by atoms with Gasteiger partial charge in [-0.05, 0) is 18.6 Å². The number of rotatable bonds is 0. The zero-order valence-electron chi connectivity index (χ0n) is 7.16. The van der Waals surface area contributed by atoms with Crippen LogP contribution in [0.2, 0.25) is 0 Å². The molecule has 0 fully saturated rings. The molecule has 1 aromatic carbocycles. The Kier molecular flexibility index (Phi) is 1.71. The van der Waals surface area contributed by atoms with E-state index in [0.29, 0.717) is 0 Å². The van der Waals surface area contributed by atoms with Crippen LogP contribution in [0.3, 0.4) is 0 Å². The number of fused-ring (bicyclic) bond motifs is 1. The van der Waals surface area contributed by atoms with E-state index >= 15 is 0 Å². The number of nitrogen functional groups attached to an aromatic ring is 1. The summed E-state index contributed by atoms with van der Waals surface area (Å²) in [6, 6.07) is 5.89. The molecule has 0 radical (unpaired) electrons. The fraction of sp³-hybridized carbons (Fsp3) is 0.100. The minimum Gasteiger partial charge on any atom is -0.398 e. The van der Waals surface area contributed by atoms with Crippen LogP contribution in [0.15, 0.2) is 17.5 Å². The highest BCUT2D eigenvalue weighted by atomic mass is 32.1. The average Bonchev–Trinajstić information content (AvgIpc) is 2.50. The first-order chi connectivity index (χ1) is 6.24. The third-order valence-corrected chi connectivity index (χ3v) is 3.27. The lowest BCUT2D eigenvalue weighted by Gasteiger charge is -1.98. The number of hydrogen-bond acceptors (Lipinski definition) is 3. The van der Waals surface area contributed by atoms with Crippen LogP contribution < -0.4 is 5.73 Å². The zero-order chi connectivity index (χ0) is 9.42. The van der Waals surface area contributed by atoms with E-state index in [9.17, 15) is 0 Å².